The molecule has 0 amide bonds. The molecule has 38 heavy (non-hydrogen) atoms. The van der Waals surface area contributed by atoms with Crippen molar-refractivity contribution in [3.05, 3.63) is 12.2 Å². The van der Waals surface area contributed by atoms with E-state index in [0.717, 1.165) is 0 Å². The SMILES string of the molecule is CC12OC(=O)C3(O)CCC4C(C[C@H]5O[C@]56CC=CC(=O)[C@]46C)[C@@]45OC[C@H]6C(=O)O[C@H]1C[C@@]6(C)C(C4=O)C32O5. The second kappa shape index (κ2) is 5.82. The minimum absolute atomic E-state index is 0.0583. The number of ether oxygens (including phenoxy) is 5. The summed E-state index contributed by atoms with van der Waals surface area (Å²) in [6, 6.07) is 0. The first kappa shape index (κ1) is 22.7. The first-order valence-corrected chi connectivity index (χ1v) is 13.8. The summed E-state index contributed by atoms with van der Waals surface area (Å²) in [7, 11) is 0. The van der Waals surface area contributed by atoms with E-state index in [2.05, 4.69) is 0 Å². The molecule has 6 heterocycles. The summed E-state index contributed by atoms with van der Waals surface area (Å²) in [6.45, 7) is 5.27. The normalized spacial score (nSPS) is 64.1. The number of Topliss-reactive ketones (excluding diaryl/α,β-unsaturated/α-hetero) is 1. The summed E-state index contributed by atoms with van der Waals surface area (Å²) in [5.41, 5.74) is -8.23. The molecule has 2 saturated carbocycles. The van der Waals surface area contributed by atoms with E-state index in [1.165, 1.54) is 0 Å². The standard InChI is InChI=1S/C28H30O10/c1-22-10-17-24(3)28-18(22)19(30)27(38-28,34-11-14(22)20(31)35-17)13-9-16-26(36-16)7-4-5-15(29)23(26,2)12(13)6-8-25(28,33)21(32)37-24/h4-5,12-14,16-18,33H,6-11H2,1-3H3/t12?,13?,14-,16+,17-,18?,22+,23-,24?,25?,26+,27-,28?/m0/s1. The van der Waals surface area contributed by atoms with Crippen LogP contribution in [0, 0.1) is 34.5 Å². The van der Waals surface area contributed by atoms with Crippen LogP contribution in [0.1, 0.15) is 52.9 Å². The van der Waals surface area contributed by atoms with Crippen LogP contribution in [0.25, 0.3) is 0 Å². The number of fused-ring (bicyclic) bond motifs is 4. The average Bonchev–Trinajstić information content (AvgIpc) is 3.45. The Morgan fingerprint density at radius 2 is 1.84 bits per heavy atom. The van der Waals surface area contributed by atoms with Crippen LogP contribution in [0.5, 0.6) is 0 Å². The van der Waals surface area contributed by atoms with Crippen LogP contribution in [0.4, 0.5) is 0 Å². The molecule has 8 fully saturated rings. The fraction of sp³-hybridized carbons (Fsp3) is 0.786. The Morgan fingerprint density at radius 3 is 2.63 bits per heavy atom. The molecule has 10 heteroatoms. The zero-order chi connectivity index (χ0) is 26.5. The molecule has 0 aromatic carbocycles. The van der Waals surface area contributed by atoms with Gasteiger partial charge in [0.1, 0.15) is 11.7 Å². The third-order valence-corrected chi connectivity index (χ3v) is 12.9. The molecule has 3 spiro atoms. The lowest BCUT2D eigenvalue weighted by atomic mass is 9.46. The predicted octanol–water partition coefficient (Wildman–Crippen LogP) is 0.768. The molecule has 9 aliphatic rings. The van der Waals surface area contributed by atoms with Crippen molar-refractivity contribution in [3.8, 4) is 0 Å². The summed E-state index contributed by atoms with van der Waals surface area (Å²) in [5.74, 6) is -6.56. The van der Waals surface area contributed by atoms with Crippen molar-refractivity contribution in [1.29, 1.82) is 0 Å². The fourth-order valence-electron chi connectivity index (χ4n) is 10.9. The summed E-state index contributed by atoms with van der Waals surface area (Å²) >= 11 is 0. The number of carbonyl (C=O) groups is 4. The molecule has 0 aromatic heterocycles. The second-order valence-electron chi connectivity index (χ2n) is 13.8. The van der Waals surface area contributed by atoms with Crippen LogP contribution in [-0.4, -0.2) is 75.6 Å². The number of rotatable bonds is 0. The molecule has 10 nitrogen and oxygen atoms in total. The van der Waals surface area contributed by atoms with Crippen LogP contribution >= 0.6 is 0 Å². The Bertz CT molecular complexity index is 1340. The smallest absolute Gasteiger partial charge is 0.342 e. The maximum atomic E-state index is 14.9. The lowest BCUT2D eigenvalue weighted by molar-refractivity contribution is -0.375. The van der Waals surface area contributed by atoms with Crippen LogP contribution in [0.15, 0.2) is 12.2 Å². The van der Waals surface area contributed by atoms with E-state index in [9.17, 15) is 24.3 Å². The molecule has 6 unspecified atom stereocenters. The van der Waals surface area contributed by atoms with Gasteiger partial charge in [0.05, 0.1) is 30.0 Å². The van der Waals surface area contributed by atoms with Gasteiger partial charge in [-0.3, -0.25) is 14.4 Å². The number of epoxide rings is 1. The number of carbonyl (C=O) groups excluding carboxylic acids is 4. The maximum Gasteiger partial charge on any atom is 0.342 e. The van der Waals surface area contributed by atoms with Crippen molar-refractivity contribution in [3.63, 3.8) is 0 Å². The van der Waals surface area contributed by atoms with Gasteiger partial charge in [-0.1, -0.05) is 13.0 Å². The van der Waals surface area contributed by atoms with Gasteiger partial charge in [0.15, 0.2) is 28.4 Å². The van der Waals surface area contributed by atoms with Crippen molar-refractivity contribution in [2.75, 3.05) is 6.61 Å². The van der Waals surface area contributed by atoms with Crippen molar-refractivity contribution < 1.29 is 48.0 Å². The number of esters is 2. The first-order chi connectivity index (χ1) is 17.9. The van der Waals surface area contributed by atoms with Gasteiger partial charge < -0.3 is 28.8 Å². The molecule has 5 bridgehead atoms. The molecular formula is C28H30O10. The Hall–Kier alpha value is -2.14. The van der Waals surface area contributed by atoms with Gasteiger partial charge in [0.2, 0.25) is 5.79 Å². The van der Waals surface area contributed by atoms with Crippen LogP contribution < -0.4 is 0 Å². The summed E-state index contributed by atoms with van der Waals surface area (Å²) < 4.78 is 31.5. The fourth-order valence-corrected chi connectivity index (χ4v) is 10.9. The van der Waals surface area contributed by atoms with E-state index in [1.807, 2.05) is 19.9 Å². The Morgan fingerprint density at radius 1 is 1.05 bits per heavy atom. The van der Waals surface area contributed by atoms with Gasteiger partial charge >= 0.3 is 11.9 Å². The number of hydrogen-bond donors (Lipinski definition) is 1. The van der Waals surface area contributed by atoms with E-state index in [4.69, 9.17) is 23.7 Å². The van der Waals surface area contributed by atoms with Crippen LogP contribution in [0.2, 0.25) is 0 Å². The molecule has 3 aliphatic carbocycles. The molecular weight excluding hydrogens is 496 g/mol. The highest BCUT2D eigenvalue weighted by atomic mass is 16.8. The maximum absolute atomic E-state index is 14.9. The number of aliphatic hydroxyl groups is 1. The quantitative estimate of drug-likeness (QED) is 0.356. The third-order valence-electron chi connectivity index (χ3n) is 12.9. The molecule has 6 aliphatic heterocycles. The molecule has 0 aromatic rings. The van der Waals surface area contributed by atoms with Gasteiger partial charge in [0, 0.05) is 5.92 Å². The van der Waals surface area contributed by atoms with E-state index in [0.29, 0.717) is 12.8 Å². The van der Waals surface area contributed by atoms with E-state index in [-0.39, 0.29) is 43.5 Å². The zero-order valence-electron chi connectivity index (χ0n) is 21.5. The van der Waals surface area contributed by atoms with Gasteiger partial charge in [-0.05, 0) is 63.4 Å². The molecule has 202 valence electrons. The molecule has 0 radical (unpaired) electrons. The Labute approximate surface area is 218 Å². The summed E-state index contributed by atoms with van der Waals surface area (Å²) in [4.78, 5) is 55.6. The van der Waals surface area contributed by atoms with Gasteiger partial charge in [0.25, 0.3) is 0 Å². The Kier molecular flexibility index (Phi) is 3.47. The van der Waals surface area contributed by atoms with E-state index >= 15 is 0 Å². The van der Waals surface area contributed by atoms with E-state index in [1.54, 1.807) is 13.0 Å². The highest BCUT2D eigenvalue weighted by Gasteiger charge is 2.94. The number of hydrogen-bond acceptors (Lipinski definition) is 10. The number of ketones is 2. The lowest BCUT2D eigenvalue weighted by Crippen LogP contribution is -2.79. The monoisotopic (exact) mass is 526 g/mol. The van der Waals surface area contributed by atoms with Crippen molar-refractivity contribution in [2.45, 2.75) is 93.3 Å². The Balaban J connectivity index is 1.34. The minimum Gasteiger partial charge on any atom is -0.458 e. The van der Waals surface area contributed by atoms with Crippen molar-refractivity contribution >= 4 is 23.5 Å². The van der Waals surface area contributed by atoms with Crippen molar-refractivity contribution in [2.24, 2.45) is 34.5 Å². The van der Waals surface area contributed by atoms with Gasteiger partial charge in [-0.2, -0.15) is 0 Å². The average molecular weight is 527 g/mol. The molecule has 1 N–H and O–H groups in total. The zero-order valence-corrected chi connectivity index (χ0v) is 21.5. The second-order valence-corrected chi connectivity index (χ2v) is 13.8. The highest BCUT2D eigenvalue weighted by molar-refractivity contribution is 6.00. The van der Waals surface area contributed by atoms with E-state index < -0.39 is 80.7 Å². The van der Waals surface area contributed by atoms with Gasteiger partial charge in [-0.15, -0.1) is 0 Å². The minimum atomic E-state index is -2.19. The highest BCUT2D eigenvalue weighted by Crippen LogP contribution is 2.77. The summed E-state index contributed by atoms with van der Waals surface area (Å²) in [5, 5.41) is 12.4. The van der Waals surface area contributed by atoms with Crippen LogP contribution in [0.3, 0.4) is 0 Å². The van der Waals surface area contributed by atoms with Crippen molar-refractivity contribution in [1.82, 2.24) is 0 Å². The molecule has 9 rings (SSSR count). The third kappa shape index (κ3) is 1.79. The topological polar surface area (TPSA) is 138 Å². The van der Waals surface area contributed by atoms with Crippen LogP contribution in [-0.2, 0) is 42.9 Å². The van der Waals surface area contributed by atoms with Gasteiger partial charge in [-0.25, -0.2) is 4.79 Å². The molecule has 6 saturated heterocycles. The first-order valence-electron chi connectivity index (χ1n) is 13.8. The summed E-state index contributed by atoms with van der Waals surface area (Å²) in [6.07, 6.45) is 3.82. The predicted molar refractivity (Wildman–Crippen MR) is 122 cm³/mol. The lowest BCUT2D eigenvalue weighted by Gasteiger charge is -2.63. The molecule has 13 atom stereocenters. The largest absolute Gasteiger partial charge is 0.458 e. The number of allylic oxidation sites excluding steroid dienone is 1.